The van der Waals surface area contributed by atoms with Crippen molar-refractivity contribution >= 4 is 0 Å². The molecule has 1 N–H and O–H groups in total. The third-order valence-electron chi connectivity index (χ3n) is 0.566. The molecule has 0 amide bonds. The van der Waals surface area contributed by atoms with Gasteiger partial charge in [0.15, 0.2) is 0 Å². The standard InChI is InChI=1S/C5H10O.CH3.Ti/c1-2-3-4-5-6;;/h2,6H,1,3-5H2;1H3;/q;-1;. The maximum absolute atomic E-state index is 8.15. The summed E-state index contributed by atoms with van der Waals surface area (Å²) >= 11 is 0. The molecule has 0 aromatic rings. The van der Waals surface area contributed by atoms with Crippen LogP contribution in [0.3, 0.4) is 0 Å². The molecule has 0 aliphatic rings. The van der Waals surface area contributed by atoms with E-state index in [1.165, 1.54) is 0 Å². The molecule has 0 rings (SSSR count). The summed E-state index contributed by atoms with van der Waals surface area (Å²) in [6.07, 6.45) is 3.58. The maximum Gasteiger partial charge on any atom is 0.0433 e. The van der Waals surface area contributed by atoms with Crippen LogP contribution in [0.4, 0.5) is 0 Å². The molecule has 48 valence electrons. The fourth-order valence-corrected chi connectivity index (χ4v) is 0.236. The summed E-state index contributed by atoms with van der Waals surface area (Å²) in [5.41, 5.74) is 0. The van der Waals surface area contributed by atoms with Crippen LogP contribution in [0.1, 0.15) is 12.8 Å². The van der Waals surface area contributed by atoms with Crippen molar-refractivity contribution < 1.29 is 26.8 Å². The summed E-state index contributed by atoms with van der Waals surface area (Å²) in [6, 6.07) is 0. The van der Waals surface area contributed by atoms with E-state index in [-0.39, 0.29) is 35.8 Å². The first-order valence-electron chi connectivity index (χ1n) is 2.13. The van der Waals surface area contributed by atoms with Gasteiger partial charge in [0.1, 0.15) is 0 Å². The van der Waals surface area contributed by atoms with Crippen LogP contribution in [0, 0.1) is 7.43 Å². The van der Waals surface area contributed by atoms with Crippen LogP contribution in [0.2, 0.25) is 0 Å². The van der Waals surface area contributed by atoms with Gasteiger partial charge < -0.3 is 12.5 Å². The second-order valence-corrected chi connectivity index (χ2v) is 1.15. The van der Waals surface area contributed by atoms with Crippen molar-refractivity contribution in [2.24, 2.45) is 0 Å². The Morgan fingerprint density at radius 1 is 1.50 bits per heavy atom. The van der Waals surface area contributed by atoms with Gasteiger partial charge in [0.2, 0.25) is 0 Å². The normalized spacial score (nSPS) is 6.12. The number of aliphatic hydroxyl groups excluding tert-OH is 1. The number of aliphatic hydroxyl groups is 1. The Balaban J connectivity index is -0.000000125. The summed E-state index contributed by atoms with van der Waals surface area (Å²) in [4.78, 5) is 0. The van der Waals surface area contributed by atoms with Crippen molar-refractivity contribution in [1.29, 1.82) is 0 Å². The van der Waals surface area contributed by atoms with E-state index in [9.17, 15) is 0 Å². The molecular formula is C6H13OTi-. The average molecular weight is 149 g/mol. The molecule has 0 fully saturated rings. The zero-order valence-electron chi connectivity index (χ0n) is 5.35. The number of hydrogen-bond acceptors (Lipinski definition) is 1. The van der Waals surface area contributed by atoms with E-state index < -0.39 is 0 Å². The zero-order chi connectivity index (χ0) is 4.83. The Bertz CT molecular complexity index is 37.5. The van der Waals surface area contributed by atoms with Crippen LogP contribution in [-0.2, 0) is 21.7 Å². The Morgan fingerprint density at radius 2 is 2.00 bits per heavy atom. The number of allylic oxidation sites excluding steroid dienone is 1. The van der Waals surface area contributed by atoms with Gasteiger partial charge in [-0.1, -0.05) is 6.08 Å². The Kier molecular flexibility index (Phi) is 30.9. The molecule has 0 atom stereocenters. The molecule has 2 heteroatoms. The Hall–Kier alpha value is 0.414. The van der Waals surface area contributed by atoms with Crippen molar-refractivity contribution in [2.45, 2.75) is 12.8 Å². The molecule has 0 aliphatic carbocycles. The third-order valence-corrected chi connectivity index (χ3v) is 0.566. The minimum absolute atomic E-state index is 0. The van der Waals surface area contributed by atoms with Crippen LogP contribution >= 0.6 is 0 Å². The molecule has 0 aromatic heterocycles. The van der Waals surface area contributed by atoms with Crippen LogP contribution in [0.15, 0.2) is 12.7 Å². The number of rotatable bonds is 3. The van der Waals surface area contributed by atoms with E-state index in [4.69, 9.17) is 5.11 Å². The van der Waals surface area contributed by atoms with Gasteiger partial charge in [-0.15, -0.1) is 6.58 Å². The zero-order valence-corrected chi connectivity index (χ0v) is 6.91. The summed E-state index contributed by atoms with van der Waals surface area (Å²) < 4.78 is 0. The van der Waals surface area contributed by atoms with Crippen LogP contribution in [0.25, 0.3) is 0 Å². The second kappa shape index (κ2) is 15.7. The Morgan fingerprint density at radius 3 is 2.12 bits per heavy atom. The molecule has 0 spiro atoms. The van der Waals surface area contributed by atoms with Gasteiger partial charge in [0.05, 0.1) is 0 Å². The van der Waals surface area contributed by atoms with E-state index in [2.05, 4.69) is 6.58 Å². The monoisotopic (exact) mass is 149 g/mol. The van der Waals surface area contributed by atoms with Crippen LogP contribution in [0.5, 0.6) is 0 Å². The second-order valence-electron chi connectivity index (χ2n) is 1.15. The summed E-state index contributed by atoms with van der Waals surface area (Å²) in [7, 11) is 0. The third kappa shape index (κ3) is 16.1. The van der Waals surface area contributed by atoms with Crippen LogP contribution in [-0.4, -0.2) is 11.7 Å². The van der Waals surface area contributed by atoms with Gasteiger partial charge in [-0.3, -0.25) is 0 Å². The largest absolute Gasteiger partial charge is 0.396 e. The molecule has 0 aromatic carbocycles. The van der Waals surface area contributed by atoms with Crippen molar-refractivity contribution in [3.63, 3.8) is 0 Å². The molecule has 0 saturated heterocycles. The predicted octanol–water partition coefficient (Wildman–Crippen LogP) is 1.39. The average Bonchev–Trinajstić information content (AvgIpc) is 1.61. The number of hydrogen-bond donors (Lipinski definition) is 1. The summed E-state index contributed by atoms with van der Waals surface area (Å²) in [5, 5.41) is 8.15. The Labute approximate surface area is 66.7 Å². The molecule has 8 heavy (non-hydrogen) atoms. The van der Waals surface area contributed by atoms with E-state index in [1.807, 2.05) is 0 Å². The van der Waals surface area contributed by atoms with Gasteiger partial charge in [0, 0.05) is 28.3 Å². The fraction of sp³-hybridized carbons (Fsp3) is 0.500. The maximum atomic E-state index is 8.15. The van der Waals surface area contributed by atoms with Crippen LogP contribution < -0.4 is 0 Å². The quantitative estimate of drug-likeness (QED) is 0.278. The van der Waals surface area contributed by atoms with Crippen molar-refractivity contribution in [3.8, 4) is 0 Å². The van der Waals surface area contributed by atoms with Crippen molar-refractivity contribution in [2.75, 3.05) is 6.61 Å². The minimum atomic E-state index is 0. The summed E-state index contributed by atoms with van der Waals surface area (Å²) in [5.74, 6) is 0. The van der Waals surface area contributed by atoms with E-state index in [0.717, 1.165) is 12.8 Å². The molecule has 0 bridgehead atoms. The molecule has 0 saturated carbocycles. The molecule has 0 aliphatic heterocycles. The van der Waals surface area contributed by atoms with Crippen molar-refractivity contribution in [3.05, 3.63) is 20.1 Å². The molecule has 0 heterocycles. The molecular weight excluding hydrogens is 136 g/mol. The molecule has 0 radical (unpaired) electrons. The first-order chi connectivity index (χ1) is 2.91. The van der Waals surface area contributed by atoms with Gasteiger partial charge >= 0.3 is 0 Å². The predicted molar refractivity (Wildman–Crippen MR) is 32.9 cm³/mol. The molecule has 0 unspecified atom stereocenters. The fourth-order valence-electron chi connectivity index (χ4n) is 0.236. The first-order valence-corrected chi connectivity index (χ1v) is 2.13. The van der Waals surface area contributed by atoms with Gasteiger partial charge in [-0.25, -0.2) is 0 Å². The van der Waals surface area contributed by atoms with E-state index in [0.29, 0.717) is 0 Å². The minimum Gasteiger partial charge on any atom is -0.396 e. The SMILES string of the molecule is C=CCCCO.[CH3-].[Ti]. The topological polar surface area (TPSA) is 20.2 Å². The number of unbranched alkanes of at least 4 members (excludes halogenated alkanes) is 1. The first kappa shape index (κ1) is 15.8. The van der Waals surface area contributed by atoms with Crippen molar-refractivity contribution in [1.82, 2.24) is 0 Å². The van der Waals surface area contributed by atoms with Gasteiger partial charge in [0.25, 0.3) is 0 Å². The van der Waals surface area contributed by atoms with E-state index >= 15 is 0 Å². The van der Waals surface area contributed by atoms with Gasteiger partial charge in [-0.2, -0.15) is 0 Å². The summed E-state index contributed by atoms with van der Waals surface area (Å²) in [6.45, 7) is 3.77. The van der Waals surface area contributed by atoms with E-state index in [1.54, 1.807) is 6.08 Å². The smallest absolute Gasteiger partial charge is 0.0433 e. The molecule has 1 nitrogen and oxygen atoms in total. The van der Waals surface area contributed by atoms with Gasteiger partial charge in [-0.05, 0) is 12.8 Å².